The molecule has 1 aromatic carbocycles. The quantitative estimate of drug-likeness (QED) is 0.887. The van der Waals surface area contributed by atoms with E-state index >= 15 is 0 Å². The molecule has 0 bridgehead atoms. The first-order valence-corrected chi connectivity index (χ1v) is 9.70. The number of sulfonamides is 1. The van der Waals surface area contributed by atoms with E-state index in [1.54, 1.807) is 24.5 Å². The number of rotatable bonds is 3. The average Bonchev–Trinajstić information content (AvgIpc) is 3.10. The van der Waals surface area contributed by atoms with E-state index in [0.29, 0.717) is 24.5 Å². The number of nitrogens with zero attached hydrogens (tertiary/aromatic N) is 4. The minimum atomic E-state index is -3.68. The predicted molar refractivity (Wildman–Crippen MR) is 95.7 cm³/mol. The van der Waals surface area contributed by atoms with Gasteiger partial charge in [-0.3, -0.25) is 10.1 Å². The molecule has 2 aliphatic rings. The van der Waals surface area contributed by atoms with E-state index in [-0.39, 0.29) is 16.9 Å². The molecule has 4 rings (SSSR count). The van der Waals surface area contributed by atoms with Crippen LogP contribution in [0.2, 0.25) is 5.02 Å². The second kappa shape index (κ2) is 6.36. The second-order valence-electron chi connectivity index (χ2n) is 6.01. The molecule has 2 aromatic rings. The third-order valence-corrected chi connectivity index (χ3v) is 6.68. The van der Waals surface area contributed by atoms with Gasteiger partial charge in [-0.1, -0.05) is 11.6 Å². The zero-order chi connectivity index (χ0) is 17.4. The molecule has 0 radical (unpaired) electrons. The zero-order valence-electron chi connectivity index (χ0n) is 13.2. The summed E-state index contributed by atoms with van der Waals surface area (Å²) in [5.74, 6) is -0.135. The lowest BCUT2D eigenvalue weighted by molar-refractivity contribution is 0.268. The van der Waals surface area contributed by atoms with Gasteiger partial charge in [-0.05, 0) is 24.3 Å². The molecule has 0 saturated heterocycles. The first kappa shape index (κ1) is 16.4. The van der Waals surface area contributed by atoms with Gasteiger partial charge in [0.25, 0.3) is 0 Å². The van der Waals surface area contributed by atoms with Gasteiger partial charge in [-0.25, -0.2) is 13.4 Å². The van der Waals surface area contributed by atoms with Crippen molar-refractivity contribution in [3.63, 3.8) is 0 Å². The number of hydrogen-bond donors (Lipinski definition) is 1. The van der Waals surface area contributed by atoms with Crippen molar-refractivity contribution in [3.05, 3.63) is 46.7 Å². The monoisotopic (exact) mass is 377 g/mol. The number of benzene rings is 1. The largest absolute Gasteiger partial charge is 0.282 e. The Morgan fingerprint density at radius 1 is 1.24 bits per heavy atom. The Morgan fingerprint density at radius 2 is 2.04 bits per heavy atom. The van der Waals surface area contributed by atoms with Crippen molar-refractivity contribution < 1.29 is 8.42 Å². The van der Waals surface area contributed by atoms with Crippen molar-refractivity contribution in [3.8, 4) is 0 Å². The van der Waals surface area contributed by atoms with Gasteiger partial charge in [0.1, 0.15) is 6.34 Å². The minimum absolute atomic E-state index is 0.135. The molecule has 0 amide bonds. The molecule has 0 saturated carbocycles. The van der Waals surface area contributed by atoms with Gasteiger partial charge in [-0.15, -0.1) is 0 Å². The van der Waals surface area contributed by atoms with Crippen molar-refractivity contribution in [2.24, 2.45) is 15.9 Å². The van der Waals surface area contributed by atoms with E-state index < -0.39 is 10.0 Å². The lowest BCUT2D eigenvalue weighted by atomic mass is 9.90. The summed E-state index contributed by atoms with van der Waals surface area (Å²) in [5, 5.41) is 7.58. The van der Waals surface area contributed by atoms with Crippen LogP contribution in [0.25, 0.3) is 0 Å². The number of fused-ring (bicyclic) bond motifs is 1. The smallest absolute Gasteiger partial charge is 0.243 e. The Bertz CT molecular complexity index is 936. The zero-order valence-corrected chi connectivity index (χ0v) is 14.8. The van der Waals surface area contributed by atoms with Gasteiger partial charge in [0, 0.05) is 41.4 Å². The van der Waals surface area contributed by atoms with Crippen LogP contribution < -0.4 is 0 Å². The van der Waals surface area contributed by atoms with Gasteiger partial charge < -0.3 is 0 Å². The number of aliphatic imine (C=N–C) groups is 2. The summed E-state index contributed by atoms with van der Waals surface area (Å²) in [6.07, 6.45) is 5.55. The van der Waals surface area contributed by atoms with Gasteiger partial charge in [-0.2, -0.15) is 9.40 Å². The van der Waals surface area contributed by atoms with Crippen LogP contribution >= 0.6 is 11.6 Å². The Balaban J connectivity index is 1.78. The standard InChI is InChI=1S/C16H16ClN5O2S/c17-12-1-3-13(4-2-12)25(23,24)22-6-5-15-14(9-20-21-15)16(22)11-7-18-10-19-8-11/h1-4,7,9-11,16H,5-6,8H2,(H,20,21)/t11?,16-/m0/s1. The third-order valence-electron chi connectivity index (χ3n) is 4.53. The van der Waals surface area contributed by atoms with Crippen LogP contribution in [0.5, 0.6) is 0 Å². The van der Waals surface area contributed by atoms with E-state index in [0.717, 1.165) is 11.3 Å². The minimum Gasteiger partial charge on any atom is -0.282 e. The molecule has 9 heteroatoms. The topological polar surface area (TPSA) is 90.8 Å². The molecule has 2 aliphatic heterocycles. The van der Waals surface area contributed by atoms with Gasteiger partial charge in [0.05, 0.1) is 23.7 Å². The summed E-state index contributed by atoms with van der Waals surface area (Å²) in [6, 6.07) is 5.86. The summed E-state index contributed by atoms with van der Waals surface area (Å²) in [5.41, 5.74) is 1.85. The molecule has 0 aliphatic carbocycles. The van der Waals surface area contributed by atoms with Crippen LogP contribution in [0.15, 0.2) is 45.3 Å². The molecule has 0 fully saturated rings. The van der Waals surface area contributed by atoms with Crippen LogP contribution in [-0.2, 0) is 16.4 Å². The molecule has 130 valence electrons. The number of halogens is 1. The summed E-state index contributed by atoms with van der Waals surface area (Å²) in [4.78, 5) is 8.53. The van der Waals surface area contributed by atoms with Gasteiger partial charge in [0.2, 0.25) is 10.0 Å². The van der Waals surface area contributed by atoms with E-state index in [1.165, 1.54) is 22.8 Å². The average molecular weight is 378 g/mol. The van der Waals surface area contributed by atoms with Gasteiger partial charge in [0.15, 0.2) is 0 Å². The van der Waals surface area contributed by atoms with Crippen LogP contribution in [0.4, 0.5) is 0 Å². The van der Waals surface area contributed by atoms with Crippen molar-refractivity contribution in [1.29, 1.82) is 0 Å². The Morgan fingerprint density at radius 3 is 2.76 bits per heavy atom. The van der Waals surface area contributed by atoms with E-state index in [4.69, 9.17) is 11.6 Å². The Hall–Kier alpha value is -2.03. The molecular weight excluding hydrogens is 362 g/mol. The van der Waals surface area contributed by atoms with E-state index in [1.807, 2.05) is 0 Å². The van der Waals surface area contributed by atoms with Crippen LogP contribution in [0, 0.1) is 5.92 Å². The van der Waals surface area contributed by atoms with Crippen molar-refractivity contribution in [2.75, 3.05) is 13.1 Å². The molecule has 1 unspecified atom stereocenters. The SMILES string of the molecule is O=S(=O)(c1ccc(Cl)cc1)N1CCc2[nH]ncc2[C@@H]1C1C=NC=NC1. The summed E-state index contributed by atoms with van der Waals surface area (Å²) in [6.45, 7) is 0.865. The molecule has 7 nitrogen and oxygen atoms in total. The fourth-order valence-electron chi connectivity index (χ4n) is 3.34. The highest BCUT2D eigenvalue weighted by Crippen LogP contribution is 2.38. The first-order valence-electron chi connectivity index (χ1n) is 7.88. The number of hydrogen-bond acceptors (Lipinski definition) is 5. The maximum Gasteiger partial charge on any atom is 0.243 e. The summed E-state index contributed by atoms with van der Waals surface area (Å²) < 4.78 is 28.0. The van der Waals surface area contributed by atoms with E-state index in [9.17, 15) is 8.42 Å². The normalized spacial score (nSPS) is 23.6. The maximum atomic E-state index is 13.3. The molecule has 3 heterocycles. The fourth-order valence-corrected chi connectivity index (χ4v) is 5.12. The van der Waals surface area contributed by atoms with Crippen LogP contribution in [0.3, 0.4) is 0 Å². The second-order valence-corrected chi connectivity index (χ2v) is 8.34. The van der Waals surface area contributed by atoms with Gasteiger partial charge >= 0.3 is 0 Å². The van der Waals surface area contributed by atoms with Crippen LogP contribution in [0.1, 0.15) is 17.3 Å². The maximum absolute atomic E-state index is 13.3. The highest BCUT2D eigenvalue weighted by molar-refractivity contribution is 7.89. The molecule has 25 heavy (non-hydrogen) atoms. The fraction of sp³-hybridized carbons (Fsp3) is 0.312. The predicted octanol–water partition coefficient (Wildman–Crippen LogP) is 2.08. The van der Waals surface area contributed by atoms with Crippen LogP contribution in [-0.4, -0.2) is 48.6 Å². The van der Waals surface area contributed by atoms with E-state index in [2.05, 4.69) is 20.2 Å². The highest BCUT2D eigenvalue weighted by atomic mass is 35.5. The molecule has 1 N–H and O–H groups in total. The Labute approximate surface area is 150 Å². The first-order chi connectivity index (χ1) is 12.1. The summed E-state index contributed by atoms with van der Waals surface area (Å²) >= 11 is 5.90. The third kappa shape index (κ3) is 2.90. The lowest BCUT2D eigenvalue weighted by Gasteiger charge is -2.37. The van der Waals surface area contributed by atoms with Crippen molar-refractivity contribution >= 4 is 34.2 Å². The highest BCUT2D eigenvalue weighted by Gasteiger charge is 2.41. The molecule has 0 spiro atoms. The van der Waals surface area contributed by atoms with Crippen molar-refractivity contribution in [2.45, 2.75) is 17.4 Å². The number of H-pyrrole nitrogens is 1. The number of aromatic nitrogens is 2. The number of aromatic amines is 1. The molecule has 2 atom stereocenters. The van der Waals surface area contributed by atoms with Crippen molar-refractivity contribution in [1.82, 2.24) is 14.5 Å². The molecule has 1 aromatic heterocycles. The Kier molecular flexibility index (Phi) is 4.18. The summed E-state index contributed by atoms with van der Waals surface area (Å²) in [7, 11) is -3.68. The molecular formula is C16H16ClN5O2S. The lowest BCUT2D eigenvalue weighted by Crippen LogP contribution is -2.44. The number of nitrogens with one attached hydrogen (secondary N) is 1.